The summed E-state index contributed by atoms with van der Waals surface area (Å²) in [4.78, 5) is 31.8. The maximum atomic E-state index is 13.0. The maximum Gasteiger partial charge on any atom is 0.412 e. The third kappa shape index (κ3) is 7.93. The molecule has 0 aliphatic carbocycles. The average molecular weight is 734 g/mol. The highest BCUT2D eigenvalue weighted by atomic mass is 127. The Kier molecular flexibility index (Phi) is 9.67. The number of carbonyl (C=O) groups is 1. The molecule has 1 atom stereocenters. The summed E-state index contributed by atoms with van der Waals surface area (Å²) < 4.78 is 18.5. The second-order valence-corrected chi connectivity index (χ2v) is 12.3. The van der Waals surface area contributed by atoms with E-state index < -0.39 is 17.3 Å². The lowest BCUT2D eigenvalue weighted by Crippen LogP contribution is -2.34. The van der Waals surface area contributed by atoms with Crippen molar-refractivity contribution in [2.24, 2.45) is 0 Å². The number of aromatic nitrogens is 1. The Morgan fingerprint density at radius 1 is 1.19 bits per heavy atom. The van der Waals surface area contributed by atoms with Crippen LogP contribution in [0.2, 0.25) is 0 Å². The topological polar surface area (TPSA) is 106 Å². The second kappa shape index (κ2) is 12.2. The molecule has 1 amide bonds. The Bertz CT molecular complexity index is 1330. The predicted molar refractivity (Wildman–Crippen MR) is 163 cm³/mol. The van der Waals surface area contributed by atoms with Gasteiger partial charge in [0, 0.05) is 18.3 Å². The summed E-state index contributed by atoms with van der Waals surface area (Å²) in [7, 11) is 5.65. The number of aryl methyl sites for hydroxylation is 1. The van der Waals surface area contributed by atoms with Crippen molar-refractivity contribution in [2.45, 2.75) is 45.8 Å². The normalized spacial score (nSPS) is 12.5. The number of amides is 1. The molecule has 11 heteroatoms. The highest BCUT2D eigenvalue weighted by Gasteiger charge is 2.20. The second-order valence-electron chi connectivity index (χ2n) is 9.97. The number of likely N-dealkylation sites (N-methyl/N-ethyl adjacent to an activating group) is 1. The number of ether oxygens (including phenoxy) is 2. The van der Waals surface area contributed by atoms with Crippen molar-refractivity contribution in [1.82, 2.24) is 9.88 Å². The fraction of sp³-hybridized carbons (Fsp3) is 0.423. The van der Waals surface area contributed by atoms with Crippen LogP contribution in [0.15, 0.2) is 33.5 Å². The van der Waals surface area contributed by atoms with E-state index in [0.29, 0.717) is 35.1 Å². The number of hydrogen-bond donors (Lipinski definition) is 2. The zero-order chi connectivity index (χ0) is 27.5. The minimum absolute atomic E-state index is 0.0719. The summed E-state index contributed by atoms with van der Waals surface area (Å²) in [6, 6.07) is 7.66. The summed E-state index contributed by atoms with van der Waals surface area (Å²) in [5.41, 5.74) is 1.46. The molecule has 2 aromatic carbocycles. The molecular weight excluding hydrogens is 702 g/mol. The standard InChI is InChI=1S/C26H32I2N4O5/c1-14-19(31-25(34)37-26(2,3)4)8-9-20-21(14)23(33)36-24(30-20)29-16(13-32(5)6)10-15-11-17(27)22(35-7)18(28)12-15/h8-9,11-12,16H,10,13H2,1-7H3,(H,29,30)(H,31,34). The first-order chi connectivity index (χ1) is 17.3. The summed E-state index contributed by atoms with van der Waals surface area (Å²) in [6.45, 7) is 7.79. The molecule has 0 spiro atoms. The van der Waals surface area contributed by atoms with Gasteiger partial charge in [0.2, 0.25) is 0 Å². The highest BCUT2D eigenvalue weighted by molar-refractivity contribution is 14.1. The fourth-order valence-electron chi connectivity index (χ4n) is 3.92. The Morgan fingerprint density at radius 2 is 1.84 bits per heavy atom. The summed E-state index contributed by atoms with van der Waals surface area (Å²) in [5, 5.41) is 6.31. The van der Waals surface area contributed by atoms with Gasteiger partial charge >= 0.3 is 11.7 Å². The predicted octanol–water partition coefficient (Wildman–Crippen LogP) is 5.65. The molecule has 200 valence electrons. The minimum atomic E-state index is -0.637. The van der Waals surface area contributed by atoms with Gasteiger partial charge in [-0.2, -0.15) is 4.98 Å². The molecule has 0 saturated carbocycles. The molecule has 9 nitrogen and oxygen atoms in total. The summed E-state index contributed by atoms with van der Waals surface area (Å²) in [6.07, 6.45) is 0.0926. The van der Waals surface area contributed by atoms with Crippen LogP contribution in [0.1, 0.15) is 31.9 Å². The maximum absolute atomic E-state index is 13.0. The largest absolute Gasteiger partial charge is 0.495 e. The average Bonchev–Trinajstić information content (AvgIpc) is 2.73. The Hall–Kier alpha value is -2.13. The molecule has 0 bridgehead atoms. The number of nitrogens with one attached hydrogen (secondary N) is 2. The van der Waals surface area contributed by atoms with Gasteiger partial charge in [0.25, 0.3) is 6.01 Å². The molecule has 0 fully saturated rings. The van der Waals surface area contributed by atoms with E-state index in [1.807, 2.05) is 14.1 Å². The molecule has 1 heterocycles. The van der Waals surface area contributed by atoms with E-state index in [-0.39, 0.29) is 12.1 Å². The van der Waals surface area contributed by atoms with Crippen molar-refractivity contribution in [3.63, 3.8) is 0 Å². The van der Waals surface area contributed by atoms with Crippen LogP contribution >= 0.6 is 45.2 Å². The summed E-state index contributed by atoms with van der Waals surface area (Å²) >= 11 is 4.55. The van der Waals surface area contributed by atoms with Gasteiger partial charge in [0.15, 0.2) is 0 Å². The Morgan fingerprint density at radius 3 is 2.41 bits per heavy atom. The molecule has 1 aromatic heterocycles. The fourth-order valence-corrected chi connectivity index (χ4v) is 6.25. The van der Waals surface area contributed by atoms with Gasteiger partial charge < -0.3 is 24.1 Å². The quantitative estimate of drug-likeness (QED) is 0.287. The van der Waals surface area contributed by atoms with Gasteiger partial charge in [0.1, 0.15) is 11.4 Å². The van der Waals surface area contributed by atoms with Crippen LogP contribution in [0.3, 0.4) is 0 Å². The Labute approximate surface area is 244 Å². The van der Waals surface area contributed by atoms with Crippen LogP contribution in [0.4, 0.5) is 16.5 Å². The molecule has 1 unspecified atom stereocenters. The Balaban J connectivity index is 1.88. The van der Waals surface area contributed by atoms with Crippen molar-refractivity contribution in [3.8, 4) is 5.75 Å². The monoisotopic (exact) mass is 734 g/mol. The molecular formula is C26H32I2N4O5. The number of hydrogen-bond acceptors (Lipinski definition) is 8. The van der Waals surface area contributed by atoms with Crippen LogP contribution < -0.4 is 21.0 Å². The zero-order valence-corrected chi connectivity index (χ0v) is 26.3. The minimum Gasteiger partial charge on any atom is -0.495 e. The smallest absolute Gasteiger partial charge is 0.412 e. The number of benzene rings is 2. The number of methoxy groups -OCH3 is 1. The van der Waals surface area contributed by atoms with E-state index in [1.54, 1.807) is 46.9 Å². The third-order valence-electron chi connectivity index (χ3n) is 5.35. The zero-order valence-electron chi connectivity index (χ0n) is 22.0. The van der Waals surface area contributed by atoms with Gasteiger partial charge in [0.05, 0.1) is 25.2 Å². The number of halogens is 2. The van der Waals surface area contributed by atoms with Crippen molar-refractivity contribution < 1.29 is 18.7 Å². The van der Waals surface area contributed by atoms with Crippen molar-refractivity contribution >= 4 is 73.9 Å². The molecule has 0 aliphatic heterocycles. The first-order valence-electron chi connectivity index (χ1n) is 11.6. The van der Waals surface area contributed by atoms with Gasteiger partial charge in [-0.3, -0.25) is 5.32 Å². The van der Waals surface area contributed by atoms with Gasteiger partial charge in [-0.15, -0.1) is 0 Å². The van der Waals surface area contributed by atoms with E-state index >= 15 is 0 Å². The molecule has 0 radical (unpaired) electrons. The molecule has 37 heavy (non-hydrogen) atoms. The van der Waals surface area contributed by atoms with Crippen LogP contribution in [-0.2, 0) is 11.2 Å². The van der Waals surface area contributed by atoms with E-state index in [9.17, 15) is 9.59 Å². The van der Waals surface area contributed by atoms with Crippen molar-refractivity contribution in [2.75, 3.05) is 38.4 Å². The number of anilines is 2. The van der Waals surface area contributed by atoms with E-state index in [2.05, 4.69) is 77.8 Å². The van der Waals surface area contributed by atoms with Crippen LogP contribution in [0, 0.1) is 14.1 Å². The lowest BCUT2D eigenvalue weighted by Gasteiger charge is -2.23. The van der Waals surface area contributed by atoms with E-state index in [4.69, 9.17) is 13.9 Å². The van der Waals surface area contributed by atoms with E-state index in [0.717, 1.165) is 18.5 Å². The first kappa shape index (κ1) is 29.4. The molecule has 3 rings (SSSR count). The van der Waals surface area contributed by atoms with Crippen molar-refractivity contribution in [1.29, 1.82) is 0 Å². The third-order valence-corrected chi connectivity index (χ3v) is 6.95. The molecule has 3 aromatic rings. The van der Waals surface area contributed by atoms with Crippen LogP contribution in [0.5, 0.6) is 5.75 Å². The molecule has 2 N–H and O–H groups in total. The SMILES string of the molecule is COc1c(I)cc(CC(CN(C)C)Nc2nc3ccc(NC(=O)OC(C)(C)C)c(C)c3c(=O)o2)cc1I. The van der Waals surface area contributed by atoms with Gasteiger partial charge in [-0.05, 0) is 129 Å². The van der Waals surface area contributed by atoms with Crippen LogP contribution in [-0.4, -0.2) is 55.4 Å². The lowest BCUT2D eigenvalue weighted by molar-refractivity contribution is 0.0636. The highest BCUT2D eigenvalue weighted by Crippen LogP contribution is 2.29. The summed E-state index contributed by atoms with van der Waals surface area (Å²) in [5.74, 6) is 0.861. The lowest BCUT2D eigenvalue weighted by atomic mass is 10.1. The number of fused-ring (bicyclic) bond motifs is 1. The van der Waals surface area contributed by atoms with Gasteiger partial charge in [-0.1, -0.05) is 0 Å². The molecule has 0 aliphatic rings. The molecule has 0 saturated heterocycles. The number of rotatable bonds is 8. The van der Waals surface area contributed by atoms with Crippen molar-refractivity contribution in [3.05, 3.63) is 53.0 Å². The number of nitrogens with zero attached hydrogens (tertiary/aromatic N) is 2. The first-order valence-corrected chi connectivity index (χ1v) is 13.8. The van der Waals surface area contributed by atoms with Gasteiger partial charge in [-0.25, -0.2) is 9.59 Å². The van der Waals surface area contributed by atoms with E-state index in [1.165, 1.54) is 0 Å². The van der Waals surface area contributed by atoms with Crippen LogP contribution in [0.25, 0.3) is 10.9 Å². The number of carbonyl (C=O) groups excluding carboxylic acids is 1.